The van der Waals surface area contributed by atoms with Crippen LogP contribution in [0.25, 0.3) is 0 Å². The summed E-state index contributed by atoms with van der Waals surface area (Å²) in [6.07, 6.45) is 0. The van der Waals surface area contributed by atoms with Crippen LogP contribution < -0.4 is 11.5 Å². The largest absolute Gasteiger partial charge is 0.330 e. The fourth-order valence-corrected chi connectivity index (χ4v) is 2.24. The quantitative estimate of drug-likeness (QED) is 0.734. The molecule has 0 radical (unpaired) electrons. The van der Waals surface area contributed by atoms with Crippen molar-refractivity contribution in [1.29, 1.82) is 0 Å². The normalized spacial score (nSPS) is 18.0. The van der Waals surface area contributed by atoms with Crippen molar-refractivity contribution < 1.29 is 0 Å². The molecule has 14 heavy (non-hydrogen) atoms. The van der Waals surface area contributed by atoms with Gasteiger partial charge < -0.3 is 11.5 Å². The fourth-order valence-electron chi connectivity index (χ4n) is 2.24. The molecule has 0 aromatic carbocycles. The van der Waals surface area contributed by atoms with Gasteiger partial charge in [-0.05, 0) is 35.8 Å². The van der Waals surface area contributed by atoms with Crippen molar-refractivity contribution in [3.05, 3.63) is 0 Å². The maximum atomic E-state index is 5.88. The molecule has 0 aliphatic heterocycles. The lowest BCUT2D eigenvalue weighted by Crippen LogP contribution is -2.44. The Morgan fingerprint density at radius 2 is 0.929 bits per heavy atom. The third-order valence-corrected chi connectivity index (χ3v) is 3.22. The minimum Gasteiger partial charge on any atom is -0.330 e. The van der Waals surface area contributed by atoms with Gasteiger partial charge in [0.15, 0.2) is 0 Å². The highest BCUT2D eigenvalue weighted by molar-refractivity contribution is 4.88. The maximum absolute atomic E-state index is 5.88. The van der Waals surface area contributed by atoms with Crippen LogP contribution in [0.5, 0.6) is 0 Å². The Morgan fingerprint density at radius 1 is 0.714 bits per heavy atom. The second-order valence-electron chi connectivity index (χ2n) is 6.42. The van der Waals surface area contributed by atoms with E-state index in [0.717, 1.165) is 13.1 Å². The third kappa shape index (κ3) is 3.58. The lowest BCUT2D eigenvalue weighted by atomic mass is 9.64. The third-order valence-electron chi connectivity index (χ3n) is 3.22. The van der Waals surface area contributed by atoms with E-state index in [1.54, 1.807) is 0 Å². The Morgan fingerprint density at radius 3 is 1.00 bits per heavy atom. The highest BCUT2D eigenvalue weighted by Gasteiger charge is 2.36. The van der Waals surface area contributed by atoms with Crippen molar-refractivity contribution in [2.45, 2.75) is 41.5 Å². The van der Waals surface area contributed by atoms with Crippen molar-refractivity contribution in [3.8, 4) is 0 Å². The summed E-state index contributed by atoms with van der Waals surface area (Å²) in [6.45, 7) is 14.9. The second-order valence-corrected chi connectivity index (χ2v) is 6.42. The smallest absolute Gasteiger partial charge is 0.00405 e. The van der Waals surface area contributed by atoms with Crippen LogP contribution in [0.1, 0.15) is 41.5 Å². The lowest BCUT2D eigenvalue weighted by molar-refractivity contribution is 0.0832. The van der Waals surface area contributed by atoms with Crippen molar-refractivity contribution in [2.24, 2.45) is 34.1 Å². The molecule has 2 nitrogen and oxygen atoms in total. The number of nitrogens with two attached hydrogens (primary N) is 2. The Hall–Kier alpha value is -0.0800. The molecule has 0 heterocycles. The van der Waals surface area contributed by atoms with Gasteiger partial charge in [0.2, 0.25) is 0 Å². The predicted octanol–water partition coefficient (Wildman–Crippen LogP) is 2.23. The van der Waals surface area contributed by atoms with Gasteiger partial charge >= 0.3 is 0 Å². The summed E-state index contributed by atoms with van der Waals surface area (Å²) in [5, 5.41) is 0. The van der Waals surface area contributed by atoms with Crippen LogP contribution in [0, 0.1) is 22.7 Å². The van der Waals surface area contributed by atoms with Gasteiger partial charge in [-0.2, -0.15) is 0 Å². The molecule has 2 unspecified atom stereocenters. The van der Waals surface area contributed by atoms with Crippen LogP contribution in [0.4, 0.5) is 0 Å². The van der Waals surface area contributed by atoms with Crippen molar-refractivity contribution in [3.63, 3.8) is 0 Å². The average Bonchev–Trinajstić information content (AvgIpc) is 1.94. The molecule has 0 rings (SSSR count). The predicted molar refractivity (Wildman–Crippen MR) is 64.0 cm³/mol. The monoisotopic (exact) mass is 200 g/mol. The molecule has 86 valence electrons. The first-order valence-electron chi connectivity index (χ1n) is 5.54. The molecule has 4 N–H and O–H groups in total. The minimum absolute atomic E-state index is 0.242. The maximum Gasteiger partial charge on any atom is -0.00405 e. The first kappa shape index (κ1) is 13.9. The zero-order valence-corrected chi connectivity index (χ0v) is 10.7. The van der Waals surface area contributed by atoms with Gasteiger partial charge in [0, 0.05) is 0 Å². The molecule has 0 saturated carbocycles. The minimum atomic E-state index is 0.242. The molecular formula is C12H28N2. The summed E-state index contributed by atoms with van der Waals surface area (Å²) in [4.78, 5) is 0. The molecule has 0 aromatic heterocycles. The molecule has 0 bridgehead atoms. The van der Waals surface area contributed by atoms with Crippen LogP contribution in [-0.2, 0) is 0 Å². The number of rotatable bonds is 3. The summed E-state index contributed by atoms with van der Waals surface area (Å²) >= 11 is 0. The molecule has 2 atom stereocenters. The van der Waals surface area contributed by atoms with Crippen molar-refractivity contribution in [1.82, 2.24) is 0 Å². The second kappa shape index (κ2) is 4.63. The summed E-state index contributed by atoms with van der Waals surface area (Å²) in [7, 11) is 0. The summed E-state index contributed by atoms with van der Waals surface area (Å²) in [6, 6.07) is 0. The molecule has 0 saturated heterocycles. The van der Waals surface area contributed by atoms with Gasteiger partial charge in [-0.1, -0.05) is 41.5 Å². The molecule has 0 aromatic rings. The van der Waals surface area contributed by atoms with E-state index in [2.05, 4.69) is 41.5 Å². The zero-order valence-electron chi connectivity index (χ0n) is 10.7. The van der Waals surface area contributed by atoms with E-state index in [4.69, 9.17) is 11.5 Å². The number of hydrogen-bond donors (Lipinski definition) is 2. The van der Waals surface area contributed by atoms with Crippen LogP contribution in [0.3, 0.4) is 0 Å². The van der Waals surface area contributed by atoms with Crippen LogP contribution >= 0.6 is 0 Å². The van der Waals surface area contributed by atoms with E-state index in [1.165, 1.54) is 0 Å². The Bertz CT molecular complexity index is 142. The Labute approximate surface area is 89.4 Å². The topological polar surface area (TPSA) is 52.0 Å². The standard InChI is InChI=1S/C12H28N2/c1-11(2,3)9(7-13)10(8-14)12(4,5)6/h9-10H,7-8,13-14H2,1-6H3. The van der Waals surface area contributed by atoms with E-state index in [-0.39, 0.29) is 10.8 Å². The van der Waals surface area contributed by atoms with E-state index in [1.807, 2.05) is 0 Å². The molecular weight excluding hydrogens is 172 g/mol. The van der Waals surface area contributed by atoms with Gasteiger partial charge in [0.1, 0.15) is 0 Å². The van der Waals surface area contributed by atoms with Crippen LogP contribution in [0.15, 0.2) is 0 Å². The summed E-state index contributed by atoms with van der Waals surface area (Å²) in [5.74, 6) is 0.986. The highest BCUT2D eigenvalue weighted by Crippen LogP contribution is 2.39. The van der Waals surface area contributed by atoms with E-state index >= 15 is 0 Å². The van der Waals surface area contributed by atoms with Gasteiger partial charge in [-0.3, -0.25) is 0 Å². The SMILES string of the molecule is CC(C)(C)C(CN)C(CN)C(C)(C)C. The highest BCUT2D eigenvalue weighted by atomic mass is 14.6. The van der Waals surface area contributed by atoms with Gasteiger partial charge in [-0.15, -0.1) is 0 Å². The molecule has 0 spiro atoms. The van der Waals surface area contributed by atoms with Crippen molar-refractivity contribution in [2.75, 3.05) is 13.1 Å². The fraction of sp³-hybridized carbons (Fsp3) is 1.00. The van der Waals surface area contributed by atoms with E-state index in [9.17, 15) is 0 Å². The van der Waals surface area contributed by atoms with Crippen LogP contribution in [0.2, 0.25) is 0 Å². The molecule has 0 aliphatic carbocycles. The molecule has 0 amide bonds. The van der Waals surface area contributed by atoms with Gasteiger partial charge in [0.25, 0.3) is 0 Å². The summed E-state index contributed by atoms with van der Waals surface area (Å²) < 4.78 is 0. The Kier molecular flexibility index (Phi) is 4.60. The zero-order chi connectivity index (χ0) is 11.6. The van der Waals surface area contributed by atoms with Crippen molar-refractivity contribution >= 4 is 0 Å². The first-order chi connectivity index (χ1) is 6.14. The van der Waals surface area contributed by atoms with Gasteiger partial charge in [-0.25, -0.2) is 0 Å². The number of hydrogen-bond acceptors (Lipinski definition) is 2. The van der Waals surface area contributed by atoms with Gasteiger partial charge in [0.05, 0.1) is 0 Å². The first-order valence-corrected chi connectivity index (χ1v) is 5.54. The Balaban J connectivity index is 4.81. The average molecular weight is 200 g/mol. The summed E-state index contributed by atoms with van der Waals surface area (Å²) in [5.41, 5.74) is 12.2. The molecule has 0 fully saturated rings. The van der Waals surface area contributed by atoms with E-state index < -0.39 is 0 Å². The van der Waals surface area contributed by atoms with Crippen LogP contribution in [-0.4, -0.2) is 13.1 Å². The van der Waals surface area contributed by atoms with E-state index in [0.29, 0.717) is 11.8 Å². The molecule has 2 heteroatoms. The lowest BCUT2D eigenvalue weighted by Gasteiger charge is -2.42. The molecule has 0 aliphatic rings.